The molecule has 152 valence electrons. The molecule has 1 aliphatic carbocycles. The molecule has 0 spiro atoms. The van der Waals surface area contributed by atoms with Crippen LogP contribution in [0, 0.1) is 5.92 Å². The number of hydrogen-bond acceptors (Lipinski definition) is 5. The number of halogens is 1. The van der Waals surface area contributed by atoms with Gasteiger partial charge in [0.2, 0.25) is 5.91 Å². The van der Waals surface area contributed by atoms with E-state index >= 15 is 0 Å². The van der Waals surface area contributed by atoms with E-state index in [-0.39, 0.29) is 18.3 Å². The summed E-state index contributed by atoms with van der Waals surface area (Å²) in [7, 11) is 0. The molecule has 2 aromatic rings. The summed E-state index contributed by atoms with van der Waals surface area (Å²) in [4.78, 5) is 21.7. The first-order chi connectivity index (χ1) is 13.3. The quantitative estimate of drug-likeness (QED) is 0.776. The van der Waals surface area contributed by atoms with E-state index in [0.29, 0.717) is 24.2 Å². The molecule has 1 saturated carbocycles. The van der Waals surface area contributed by atoms with E-state index in [1.165, 1.54) is 19.3 Å². The van der Waals surface area contributed by atoms with E-state index in [1.54, 1.807) is 0 Å². The zero-order valence-corrected chi connectivity index (χ0v) is 17.1. The molecule has 2 heterocycles. The summed E-state index contributed by atoms with van der Waals surface area (Å²) in [5.41, 5.74) is 0.941. The summed E-state index contributed by atoms with van der Waals surface area (Å²) in [6.07, 6.45) is 6.85. The minimum Gasteiger partial charge on any atom is -0.341 e. The Hall–Kier alpha value is -1.92. The van der Waals surface area contributed by atoms with Gasteiger partial charge in [0.1, 0.15) is 0 Å². The van der Waals surface area contributed by atoms with Gasteiger partial charge in [0.15, 0.2) is 5.82 Å². The smallest absolute Gasteiger partial charge is 0.257 e. The van der Waals surface area contributed by atoms with Gasteiger partial charge in [0.05, 0.1) is 6.54 Å². The van der Waals surface area contributed by atoms with Crippen LogP contribution in [0.3, 0.4) is 0 Å². The number of rotatable bonds is 4. The van der Waals surface area contributed by atoms with Crippen molar-refractivity contribution in [2.45, 2.75) is 45.1 Å². The van der Waals surface area contributed by atoms with Crippen LogP contribution in [0.25, 0.3) is 11.5 Å². The first-order valence-corrected chi connectivity index (χ1v) is 10.2. The average molecular weight is 405 g/mol. The van der Waals surface area contributed by atoms with Crippen LogP contribution < -0.4 is 0 Å². The molecule has 4 rings (SSSR count). The fourth-order valence-corrected chi connectivity index (χ4v) is 4.17. The second kappa shape index (κ2) is 10.0. The van der Waals surface area contributed by atoms with Gasteiger partial charge in [-0.2, -0.15) is 4.98 Å². The minimum absolute atomic E-state index is 0. The van der Waals surface area contributed by atoms with Crippen molar-refractivity contribution in [3.8, 4) is 11.5 Å². The summed E-state index contributed by atoms with van der Waals surface area (Å²) >= 11 is 0. The van der Waals surface area contributed by atoms with Gasteiger partial charge in [-0.05, 0) is 31.4 Å². The van der Waals surface area contributed by atoms with Gasteiger partial charge in [-0.1, -0.05) is 42.6 Å². The lowest BCUT2D eigenvalue weighted by atomic mass is 9.88. The Morgan fingerprint density at radius 3 is 2.57 bits per heavy atom. The predicted molar refractivity (Wildman–Crippen MR) is 110 cm³/mol. The molecule has 2 aliphatic rings. The molecule has 1 aromatic heterocycles. The van der Waals surface area contributed by atoms with Gasteiger partial charge < -0.3 is 9.42 Å². The monoisotopic (exact) mass is 404 g/mol. The van der Waals surface area contributed by atoms with Gasteiger partial charge >= 0.3 is 0 Å². The summed E-state index contributed by atoms with van der Waals surface area (Å²) in [6.45, 7) is 4.17. The van der Waals surface area contributed by atoms with E-state index in [1.807, 2.05) is 30.3 Å². The Bertz CT molecular complexity index is 746. The van der Waals surface area contributed by atoms with Crippen molar-refractivity contribution < 1.29 is 9.32 Å². The third kappa shape index (κ3) is 5.11. The van der Waals surface area contributed by atoms with Crippen LogP contribution >= 0.6 is 12.4 Å². The van der Waals surface area contributed by atoms with Crippen molar-refractivity contribution in [3.63, 3.8) is 0 Å². The maximum Gasteiger partial charge on any atom is 0.257 e. The van der Waals surface area contributed by atoms with Crippen molar-refractivity contribution in [1.29, 1.82) is 0 Å². The van der Waals surface area contributed by atoms with E-state index < -0.39 is 0 Å². The van der Waals surface area contributed by atoms with Crippen LogP contribution in [0.1, 0.15) is 44.3 Å². The number of aromatic nitrogens is 2. The third-order valence-electron chi connectivity index (χ3n) is 5.71. The molecule has 1 amide bonds. The fraction of sp³-hybridized carbons (Fsp3) is 0.571. The minimum atomic E-state index is 0. The molecule has 1 saturated heterocycles. The number of hydrogen-bond donors (Lipinski definition) is 0. The number of carbonyl (C=O) groups excluding carboxylic acids is 1. The Morgan fingerprint density at radius 2 is 1.79 bits per heavy atom. The third-order valence-corrected chi connectivity index (χ3v) is 5.71. The Balaban J connectivity index is 0.00000225. The molecule has 0 unspecified atom stereocenters. The van der Waals surface area contributed by atoms with E-state index in [9.17, 15) is 4.79 Å². The largest absolute Gasteiger partial charge is 0.341 e. The van der Waals surface area contributed by atoms with Crippen molar-refractivity contribution in [3.05, 3.63) is 36.2 Å². The normalized spacial score (nSPS) is 19.1. The lowest BCUT2D eigenvalue weighted by Crippen LogP contribution is -2.39. The van der Waals surface area contributed by atoms with Crippen LogP contribution in [-0.2, 0) is 11.3 Å². The molecule has 0 N–H and O–H groups in total. The Morgan fingerprint density at radius 1 is 1.00 bits per heavy atom. The molecule has 0 bridgehead atoms. The molecule has 7 heteroatoms. The van der Waals surface area contributed by atoms with E-state index in [0.717, 1.165) is 51.0 Å². The van der Waals surface area contributed by atoms with Gasteiger partial charge in [0.25, 0.3) is 5.89 Å². The molecule has 1 aliphatic heterocycles. The number of benzene rings is 1. The topological polar surface area (TPSA) is 62.5 Å². The molecule has 28 heavy (non-hydrogen) atoms. The highest BCUT2D eigenvalue weighted by molar-refractivity contribution is 5.85. The fourth-order valence-electron chi connectivity index (χ4n) is 4.17. The second-order valence-corrected chi connectivity index (χ2v) is 7.67. The predicted octanol–water partition coefficient (Wildman–Crippen LogP) is 3.77. The lowest BCUT2D eigenvalue weighted by molar-refractivity contribution is -0.136. The van der Waals surface area contributed by atoms with Crippen molar-refractivity contribution in [1.82, 2.24) is 19.9 Å². The molecule has 0 atom stereocenters. The lowest BCUT2D eigenvalue weighted by Gasteiger charge is -2.28. The van der Waals surface area contributed by atoms with Crippen LogP contribution in [-0.4, -0.2) is 52.0 Å². The van der Waals surface area contributed by atoms with Gasteiger partial charge in [0, 0.05) is 37.7 Å². The second-order valence-electron chi connectivity index (χ2n) is 7.67. The highest BCUT2D eigenvalue weighted by atomic mass is 35.5. The van der Waals surface area contributed by atoms with Crippen molar-refractivity contribution >= 4 is 18.3 Å². The van der Waals surface area contributed by atoms with Crippen molar-refractivity contribution in [2.24, 2.45) is 5.92 Å². The molecular weight excluding hydrogens is 376 g/mol. The first kappa shape index (κ1) is 20.8. The van der Waals surface area contributed by atoms with Gasteiger partial charge in [-0.3, -0.25) is 9.69 Å². The maximum absolute atomic E-state index is 12.8. The van der Waals surface area contributed by atoms with E-state index in [4.69, 9.17) is 4.52 Å². The van der Waals surface area contributed by atoms with Crippen molar-refractivity contribution in [2.75, 3.05) is 26.2 Å². The number of carbonyl (C=O) groups is 1. The SMILES string of the molecule is Cl.O=C(C1CCCCC1)N1CCCN(Cc2noc(-c3ccccc3)n2)CC1. The van der Waals surface area contributed by atoms with Crippen LogP contribution in [0.4, 0.5) is 0 Å². The first-order valence-electron chi connectivity index (χ1n) is 10.2. The van der Waals surface area contributed by atoms with Crippen LogP contribution in [0.15, 0.2) is 34.9 Å². The highest BCUT2D eigenvalue weighted by Gasteiger charge is 2.27. The summed E-state index contributed by atoms with van der Waals surface area (Å²) in [5, 5.41) is 4.14. The van der Waals surface area contributed by atoms with E-state index in [2.05, 4.69) is 19.9 Å². The number of amides is 1. The zero-order chi connectivity index (χ0) is 18.5. The zero-order valence-electron chi connectivity index (χ0n) is 16.3. The van der Waals surface area contributed by atoms with Gasteiger partial charge in [-0.15, -0.1) is 12.4 Å². The molecule has 1 aromatic carbocycles. The average Bonchev–Trinajstić information content (AvgIpc) is 3.07. The Kier molecular flexibility index (Phi) is 7.45. The molecule has 6 nitrogen and oxygen atoms in total. The standard InChI is InChI=1S/C21H28N4O2.ClH/c26-21(18-10-5-2-6-11-18)25-13-7-12-24(14-15-25)16-19-22-20(27-23-19)17-8-3-1-4-9-17;/h1,3-4,8-9,18H,2,5-7,10-16H2;1H. The Labute approximate surface area is 172 Å². The highest BCUT2D eigenvalue weighted by Crippen LogP contribution is 2.26. The summed E-state index contributed by atoms with van der Waals surface area (Å²) in [5.74, 6) is 1.91. The summed E-state index contributed by atoms with van der Waals surface area (Å²) < 4.78 is 5.41. The molecule has 0 radical (unpaired) electrons. The molecular formula is C21H29ClN4O2. The number of nitrogens with zero attached hydrogens (tertiary/aromatic N) is 4. The van der Waals surface area contributed by atoms with Crippen LogP contribution in [0.5, 0.6) is 0 Å². The summed E-state index contributed by atoms with van der Waals surface area (Å²) in [6, 6.07) is 9.84. The molecule has 2 fully saturated rings. The van der Waals surface area contributed by atoms with Gasteiger partial charge in [-0.25, -0.2) is 0 Å². The maximum atomic E-state index is 12.8. The van der Waals surface area contributed by atoms with Crippen LogP contribution in [0.2, 0.25) is 0 Å².